The average molecular weight is 443 g/mol. The van der Waals surface area contributed by atoms with Gasteiger partial charge in [0.05, 0.1) is 5.30 Å². The Kier molecular flexibility index (Phi) is 6.04. The van der Waals surface area contributed by atoms with E-state index >= 15 is 0 Å². The van der Waals surface area contributed by atoms with Gasteiger partial charge in [0.1, 0.15) is 5.75 Å². The first-order valence-electron chi connectivity index (χ1n) is 11.6. The summed E-state index contributed by atoms with van der Waals surface area (Å²) >= 11 is 0. The van der Waals surface area contributed by atoms with Gasteiger partial charge in [0, 0.05) is 16.7 Å². The van der Waals surface area contributed by atoms with Crippen LogP contribution in [0.3, 0.4) is 0 Å². The molecule has 3 rings (SSSR count). The molecule has 2 aromatic carbocycles. The number of benzene rings is 2. The molecule has 0 spiro atoms. The molecule has 0 amide bonds. The maximum atomic E-state index is 13.4. The highest BCUT2D eigenvalue weighted by molar-refractivity contribution is 7.62. The fourth-order valence-electron chi connectivity index (χ4n) is 4.01. The van der Waals surface area contributed by atoms with E-state index in [0.29, 0.717) is 11.1 Å². The molecule has 0 radical (unpaired) electrons. The molecular weight excluding hydrogens is 403 g/mol. The van der Waals surface area contributed by atoms with Crippen LogP contribution in [0.1, 0.15) is 98.3 Å². The molecule has 1 aliphatic heterocycles. The number of rotatable bonds is 6. The lowest BCUT2D eigenvalue weighted by atomic mass is 9.74. The predicted octanol–water partition coefficient (Wildman–Crippen LogP) is 7.62. The molecule has 1 N–H and O–H groups in total. The maximum Gasteiger partial charge on any atom is 0.408 e. The molecule has 0 aromatic heterocycles. The first-order chi connectivity index (χ1) is 14.2. The quantitative estimate of drug-likeness (QED) is 0.468. The molecule has 0 saturated carbocycles. The van der Waals surface area contributed by atoms with E-state index in [0.717, 1.165) is 41.5 Å². The van der Waals surface area contributed by atoms with E-state index in [2.05, 4.69) is 80.5 Å². The highest BCUT2D eigenvalue weighted by Gasteiger charge is 2.40. The zero-order valence-corrected chi connectivity index (χ0v) is 21.6. The Morgan fingerprint density at radius 1 is 0.774 bits per heavy atom. The van der Waals surface area contributed by atoms with E-state index < -0.39 is 7.60 Å². The van der Waals surface area contributed by atoms with Crippen LogP contribution in [-0.2, 0) is 20.8 Å². The fraction of sp³-hybridized carbons (Fsp3) is 0.556. The van der Waals surface area contributed by atoms with Gasteiger partial charge in [-0.3, -0.25) is 0 Å². The second kappa shape index (κ2) is 7.78. The van der Waals surface area contributed by atoms with Crippen LogP contribution >= 0.6 is 7.60 Å². The van der Waals surface area contributed by atoms with Crippen LogP contribution in [0.4, 0.5) is 0 Å². The van der Waals surface area contributed by atoms with Gasteiger partial charge in [-0.05, 0) is 58.8 Å². The van der Waals surface area contributed by atoms with Crippen molar-refractivity contribution in [1.82, 2.24) is 0 Å². The van der Waals surface area contributed by atoms with Crippen LogP contribution in [0.25, 0.3) is 11.1 Å². The summed E-state index contributed by atoms with van der Waals surface area (Å²) in [5.74, 6) is 0.573. The summed E-state index contributed by atoms with van der Waals surface area (Å²) in [5.41, 5.74) is 4.83. The van der Waals surface area contributed by atoms with E-state index in [1.807, 2.05) is 12.1 Å². The highest BCUT2D eigenvalue weighted by Crippen LogP contribution is 2.56. The van der Waals surface area contributed by atoms with Crippen LogP contribution in [0.5, 0.6) is 5.75 Å². The minimum atomic E-state index is -3.99. The lowest BCUT2D eigenvalue weighted by Gasteiger charge is -2.35. The Morgan fingerprint density at radius 2 is 1.32 bits per heavy atom. The molecule has 1 heterocycles. The lowest BCUT2D eigenvalue weighted by molar-refractivity contribution is 0.382. The summed E-state index contributed by atoms with van der Waals surface area (Å²) < 4.78 is 19.4. The Bertz CT molecular complexity index is 1050. The van der Waals surface area contributed by atoms with Gasteiger partial charge in [-0.2, -0.15) is 0 Å². The van der Waals surface area contributed by atoms with E-state index in [4.69, 9.17) is 4.52 Å². The third-order valence-electron chi connectivity index (χ3n) is 7.84. The molecule has 0 saturated heterocycles. The lowest BCUT2D eigenvalue weighted by Crippen LogP contribution is -2.26. The third-order valence-corrected chi connectivity index (χ3v) is 9.25. The van der Waals surface area contributed by atoms with Gasteiger partial charge in [0.15, 0.2) is 0 Å². The van der Waals surface area contributed by atoms with Gasteiger partial charge in [0.25, 0.3) is 0 Å². The standard InChI is InChI=1S/C27H39O3P/c1-10-25(4,5)18-13-14-20-21-15-19(26(6,7)11-2)16-22(27(8,9)12-3)24(21)30-31(28,29)23(20)17-18/h13-17H,10-12H2,1-9H3,(H,28,29). The molecule has 0 aliphatic carbocycles. The van der Waals surface area contributed by atoms with E-state index in [1.165, 1.54) is 5.56 Å². The molecule has 3 nitrogen and oxygen atoms in total. The van der Waals surface area contributed by atoms with Crippen molar-refractivity contribution in [1.29, 1.82) is 0 Å². The second-order valence-corrected chi connectivity index (χ2v) is 12.7. The molecule has 1 unspecified atom stereocenters. The van der Waals surface area contributed by atoms with Crippen LogP contribution in [0, 0.1) is 0 Å². The average Bonchev–Trinajstić information content (AvgIpc) is 2.72. The minimum Gasteiger partial charge on any atom is -0.420 e. The molecule has 31 heavy (non-hydrogen) atoms. The normalized spacial score (nSPS) is 18.9. The first-order valence-corrected chi connectivity index (χ1v) is 13.1. The van der Waals surface area contributed by atoms with Crippen molar-refractivity contribution in [3.05, 3.63) is 47.0 Å². The van der Waals surface area contributed by atoms with Crippen molar-refractivity contribution in [3.63, 3.8) is 0 Å². The van der Waals surface area contributed by atoms with Crippen molar-refractivity contribution in [2.24, 2.45) is 0 Å². The number of fused-ring (bicyclic) bond motifs is 3. The summed E-state index contributed by atoms with van der Waals surface area (Å²) in [6, 6.07) is 10.4. The fourth-order valence-corrected chi connectivity index (χ4v) is 5.35. The Hall–Kier alpha value is -1.57. The summed E-state index contributed by atoms with van der Waals surface area (Å²) in [4.78, 5) is 11.0. The van der Waals surface area contributed by atoms with Crippen LogP contribution in [0.15, 0.2) is 30.3 Å². The first kappa shape index (κ1) is 24.1. The molecule has 1 aliphatic rings. The molecular formula is C27H39O3P. The van der Waals surface area contributed by atoms with Crippen LogP contribution < -0.4 is 9.83 Å². The topological polar surface area (TPSA) is 46.5 Å². The smallest absolute Gasteiger partial charge is 0.408 e. The summed E-state index contributed by atoms with van der Waals surface area (Å²) in [7, 11) is -3.99. The Morgan fingerprint density at radius 3 is 1.87 bits per heavy atom. The van der Waals surface area contributed by atoms with Crippen molar-refractivity contribution in [2.75, 3.05) is 0 Å². The molecule has 0 bridgehead atoms. The van der Waals surface area contributed by atoms with Gasteiger partial charge >= 0.3 is 7.60 Å². The Labute approximate surface area is 188 Å². The molecule has 0 fully saturated rings. The van der Waals surface area contributed by atoms with Crippen molar-refractivity contribution in [3.8, 4) is 16.9 Å². The zero-order valence-electron chi connectivity index (χ0n) is 20.7. The number of hydrogen-bond donors (Lipinski definition) is 1. The van der Waals surface area contributed by atoms with Crippen LogP contribution in [0.2, 0.25) is 0 Å². The maximum absolute atomic E-state index is 13.4. The van der Waals surface area contributed by atoms with Gasteiger partial charge in [-0.25, -0.2) is 4.57 Å². The number of hydrogen-bond acceptors (Lipinski definition) is 2. The third kappa shape index (κ3) is 4.12. The predicted molar refractivity (Wildman–Crippen MR) is 132 cm³/mol. The largest absolute Gasteiger partial charge is 0.420 e. The monoisotopic (exact) mass is 442 g/mol. The molecule has 2 aromatic rings. The second-order valence-electron chi connectivity index (χ2n) is 11.0. The van der Waals surface area contributed by atoms with Crippen molar-refractivity contribution < 1.29 is 14.0 Å². The summed E-state index contributed by atoms with van der Waals surface area (Å²) in [5, 5.41) is 0.422. The molecule has 4 heteroatoms. The van der Waals surface area contributed by atoms with Gasteiger partial charge < -0.3 is 9.42 Å². The van der Waals surface area contributed by atoms with E-state index in [1.54, 1.807) is 0 Å². The Balaban J connectivity index is 2.38. The van der Waals surface area contributed by atoms with Crippen molar-refractivity contribution in [2.45, 2.75) is 97.8 Å². The molecule has 170 valence electrons. The highest BCUT2D eigenvalue weighted by atomic mass is 31.2. The van der Waals surface area contributed by atoms with E-state index in [9.17, 15) is 9.46 Å². The minimum absolute atomic E-state index is 0.00172. The zero-order chi connectivity index (χ0) is 23.4. The van der Waals surface area contributed by atoms with E-state index in [-0.39, 0.29) is 16.2 Å². The van der Waals surface area contributed by atoms with Gasteiger partial charge in [-0.15, -0.1) is 0 Å². The SMILES string of the molecule is CCC(C)(C)c1cc2c(c(C(C)(C)CC)c1)OP(=O)(O)c1cc(C(C)(C)CC)ccc1-2. The summed E-state index contributed by atoms with van der Waals surface area (Å²) in [6.45, 7) is 19.7. The van der Waals surface area contributed by atoms with Gasteiger partial charge in [-0.1, -0.05) is 80.5 Å². The van der Waals surface area contributed by atoms with Crippen molar-refractivity contribution >= 4 is 12.9 Å². The van der Waals surface area contributed by atoms with Gasteiger partial charge in [0.2, 0.25) is 0 Å². The molecule has 1 atom stereocenters. The summed E-state index contributed by atoms with van der Waals surface area (Å²) in [6.07, 6.45) is 2.86. The van der Waals surface area contributed by atoms with Crippen LogP contribution in [-0.4, -0.2) is 4.89 Å².